The molecule has 2 heterocycles. The van der Waals surface area contributed by atoms with Crippen LogP contribution in [-0.2, 0) is 0 Å². The van der Waals surface area contributed by atoms with Crippen LogP contribution in [0.3, 0.4) is 0 Å². The summed E-state index contributed by atoms with van der Waals surface area (Å²) in [7, 11) is 0. The summed E-state index contributed by atoms with van der Waals surface area (Å²) in [6.07, 6.45) is 0. The molecular weight excluding hydrogens is 512 g/mol. The zero-order valence-electron chi connectivity index (χ0n) is 44.8. The largest absolute Gasteiger partial charge is 0.452 e. The summed E-state index contributed by atoms with van der Waals surface area (Å²) in [6, 6.07) is -21.0. The number of furan rings is 2. The van der Waals surface area contributed by atoms with Gasteiger partial charge in [0.25, 0.3) is 0 Å². The minimum atomic E-state index is -0.947. The van der Waals surface area contributed by atoms with Crippen LogP contribution in [0.15, 0.2) is 154 Å². The van der Waals surface area contributed by atoms with Crippen molar-refractivity contribution in [3.8, 4) is 33.6 Å². The minimum absolute atomic E-state index is 0.478. The second kappa shape index (κ2) is 8.95. The number of benzene rings is 7. The Morgan fingerprint density at radius 1 is 0.429 bits per heavy atom. The molecule has 2 nitrogen and oxygen atoms in total. The lowest BCUT2D eigenvalue weighted by Gasteiger charge is -2.18. The first-order valence-corrected chi connectivity index (χ1v) is 12.3. The van der Waals surface area contributed by atoms with Gasteiger partial charge in [0.1, 0.15) is 11.3 Å². The summed E-state index contributed by atoms with van der Waals surface area (Å²) in [5.41, 5.74) is -4.97. The van der Waals surface area contributed by atoms with Crippen molar-refractivity contribution in [1.82, 2.24) is 0 Å². The van der Waals surface area contributed by atoms with Gasteiger partial charge < -0.3 is 8.83 Å². The molecule has 0 saturated carbocycles. The van der Waals surface area contributed by atoms with E-state index >= 15 is 0 Å². The molecule has 0 unspecified atom stereocenters. The van der Waals surface area contributed by atoms with E-state index in [1.165, 1.54) is 0 Å². The van der Waals surface area contributed by atoms with Crippen molar-refractivity contribution in [2.75, 3.05) is 0 Å². The highest BCUT2D eigenvalue weighted by molar-refractivity contribution is 6.28. The Kier molecular flexibility index (Phi) is 2.08. The molecule has 2 heteroatoms. The van der Waals surface area contributed by atoms with E-state index in [0.717, 1.165) is 0 Å². The lowest BCUT2D eigenvalue weighted by atomic mass is 9.84. The number of hydrogen-bond acceptors (Lipinski definition) is 2. The fraction of sp³-hybridized carbons (Fsp3) is 0. The predicted molar refractivity (Wildman–Crippen MR) is 175 cm³/mol. The Labute approximate surface area is 275 Å². The third-order valence-electron chi connectivity index (χ3n) is 6.81. The van der Waals surface area contributed by atoms with Crippen molar-refractivity contribution < 1.29 is 41.7 Å². The minimum Gasteiger partial charge on any atom is -0.452 e. The molecule has 0 spiro atoms. The van der Waals surface area contributed by atoms with Gasteiger partial charge in [-0.2, -0.15) is 0 Å². The lowest BCUT2D eigenvalue weighted by molar-refractivity contribution is 0.611. The van der Waals surface area contributed by atoms with Gasteiger partial charge in [-0.3, -0.25) is 0 Å². The average Bonchev–Trinajstić information content (AvgIpc) is 3.85. The van der Waals surface area contributed by atoms with E-state index in [9.17, 15) is 8.22 Å². The fourth-order valence-electron chi connectivity index (χ4n) is 5.17. The molecule has 0 aliphatic carbocycles. The zero-order chi connectivity index (χ0) is 48.5. The van der Waals surface area contributed by atoms with Crippen molar-refractivity contribution in [2.24, 2.45) is 0 Å². The Morgan fingerprint density at radius 2 is 0.952 bits per heavy atom. The van der Waals surface area contributed by atoms with Gasteiger partial charge in [0, 0.05) is 21.7 Å². The maximum atomic E-state index is 9.97. The van der Waals surface area contributed by atoms with Crippen LogP contribution in [0.2, 0.25) is 0 Å². The van der Waals surface area contributed by atoms with Crippen LogP contribution in [0, 0.1) is 0 Å². The molecular formula is C40H24O2. The van der Waals surface area contributed by atoms with E-state index in [2.05, 4.69) is 0 Å². The molecule has 0 aliphatic heterocycles. The molecule has 196 valence electrons. The Bertz CT molecular complexity index is 3670. The van der Waals surface area contributed by atoms with Gasteiger partial charge in [-0.15, -0.1) is 0 Å². The summed E-state index contributed by atoms with van der Waals surface area (Å²) >= 11 is 0. The number of hydrogen-bond donors (Lipinski definition) is 0. The second-order valence-corrected chi connectivity index (χ2v) is 9.02. The van der Waals surface area contributed by atoms with Crippen molar-refractivity contribution in [3.05, 3.63) is 145 Å². The Balaban J connectivity index is 1.69. The first kappa shape index (κ1) is 9.75. The normalized spacial score (nSPS) is 19.8. The first-order valence-electron chi connectivity index (χ1n) is 24.3. The highest BCUT2D eigenvalue weighted by atomic mass is 16.4. The molecule has 0 fully saturated rings. The van der Waals surface area contributed by atoms with Gasteiger partial charge >= 0.3 is 0 Å². The number of rotatable bonds is 3. The summed E-state index contributed by atoms with van der Waals surface area (Å²) in [4.78, 5) is 0. The fourth-order valence-corrected chi connectivity index (χ4v) is 5.17. The van der Waals surface area contributed by atoms with Gasteiger partial charge in [-0.25, -0.2) is 0 Å². The number of fused-ring (bicyclic) bond motifs is 7. The molecule has 9 aromatic rings. The van der Waals surface area contributed by atoms with Crippen molar-refractivity contribution >= 4 is 54.5 Å². The quantitative estimate of drug-likeness (QED) is 0.201. The third-order valence-corrected chi connectivity index (χ3v) is 6.81. The van der Waals surface area contributed by atoms with Crippen LogP contribution in [0.4, 0.5) is 0 Å². The van der Waals surface area contributed by atoms with Gasteiger partial charge in [0.15, 0.2) is 11.2 Å². The van der Waals surface area contributed by atoms with Crippen molar-refractivity contribution in [2.45, 2.75) is 0 Å². The van der Waals surface area contributed by atoms with E-state index in [0.29, 0.717) is 0 Å². The zero-order valence-corrected chi connectivity index (χ0v) is 20.8. The molecule has 0 amide bonds. The van der Waals surface area contributed by atoms with Gasteiger partial charge in [0.05, 0.1) is 32.9 Å². The molecule has 0 bridgehead atoms. The Morgan fingerprint density at radius 3 is 1.60 bits per heavy atom. The molecule has 2 aromatic heterocycles. The van der Waals surface area contributed by atoms with E-state index in [4.69, 9.17) is 33.5 Å². The maximum absolute atomic E-state index is 9.97. The average molecular weight is 561 g/mol. The highest BCUT2D eigenvalue weighted by Crippen LogP contribution is 2.49. The SMILES string of the molecule is [2H]c1c([2H])c([2H])c(-c2oc3c(c2[2H])c([2H])c(-c2c4c([2H])c([2H])c([2H])c([2H])c4c(-c4c([2H])c([2H])c([2H])c([2H])c4[2H])c4c([2H])c([2H])c([2H])c([2H])c24)c2c3oc3c([2H])c([2H])c([2H])c([2H])c32)c([2H])c1[2H]. The molecule has 9 rings (SSSR count). The van der Waals surface area contributed by atoms with Crippen molar-refractivity contribution in [3.63, 3.8) is 0 Å². The summed E-state index contributed by atoms with van der Waals surface area (Å²) in [6.45, 7) is 0. The van der Waals surface area contributed by atoms with Crippen LogP contribution in [0.5, 0.6) is 0 Å². The third kappa shape index (κ3) is 3.33. The lowest BCUT2D eigenvalue weighted by Crippen LogP contribution is -1.91. The van der Waals surface area contributed by atoms with Crippen LogP contribution in [0.25, 0.3) is 88.0 Å². The molecule has 42 heavy (non-hydrogen) atoms. The molecule has 0 aliphatic rings. The second-order valence-electron chi connectivity index (χ2n) is 9.02. The monoisotopic (exact) mass is 560 g/mol. The molecule has 7 aromatic carbocycles. The van der Waals surface area contributed by atoms with E-state index < -0.39 is 233 Å². The summed E-state index contributed by atoms with van der Waals surface area (Å²) in [5.74, 6) is -0.705. The molecule has 0 saturated heterocycles. The van der Waals surface area contributed by atoms with Gasteiger partial charge in [-0.05, 0) is 61.9 Å². The highest BCUT2D eigenvalue weighted by Gasteiger charge is 2.23. The summed E-state index contributed by atoms with van der Waals surface area (Å²) in [5, 5.41) is -4.18. The predicted octanol–water partition coefficient (Wildman–Crippen LogP) is 11.6. The van der Waals surface area contributed by atoms with Crippen LogP contribution < -0.4 is 0 Å². The van der Waals surface area contributed by atoms with Crippen LogP contribution >= 0.6 is 0 Å². The van der Waals surface area contributed by atoms with Gasteiger partial charge in [-0.1, -0.05) is 127 Å². The topological polar surface area (TPSA) is 26.3 Å². The van der Waals surface area contributed by atoms with Crippen LogP contribution in [0.1, 0.15) is 32.9 Å². The summed E-state index contributed by atoms with van der Waals surface area (Å²) < 4.78 is 224. The molecule has 0 atom stereocenters. The smallest absolute Gasteiger partial charge is 0.179 e. The molecule has 0 radical (unpaired) electrons. The van der Waals surface area contributed by atoms with E-state index in [-0.39, 0.29) is 0 Å². The van der Waals surface area contributed by atoms with Crippen LogP contribution in [-0.4, -0.2) is 0 Å². The number of para-hydroxylation sites is 1. The van der Waals surface area contributed by atoms with Crippen molar-refractivity contribution in [1.29, 1.82) is 0 Å². The first-order chi connectivity index (χ1) is 30.8. The Hall–Kier alpha value is -5.60. The maximum Gasteiger partial charge on any atom is 0.179 e. The van der Waals surface area contributed by atoms with Gasteiger partial charge in [0.2, 0.25) is 0 Å². The van der Waals surface area contributed by atoms with E-state index in [1.807, 2.05) is 0 Å². The molecule has 0 N–H and O–H groups in total. The van der Waals surface area contributed by atoms with E-state index in [1.54, 1.807) is 0 Å². The standard InChI is InChI=1S/C40H24O2/c1-3-13-25(14-4-1)35-24-27-23-33(38-32-21-11-12-22-34(32)41-40(38)39(27)42-35)37-30-19-9-7-17-28(30)36(26-15-5-2-6-16-26)29-18-8-10-20-31(29)37/h1-24H/i1D,2D,3D,4D,5D,6D,7D,8D,9D,10D,11D,12D,13D,14D,15D,16D,17D,18D,19D,20D,21D,22D,23D,24D.